The summed E-state index contributed by atoms with van der Waals surface area (Å²) < 4.78 is 29.0. The largest absolute Gasteiger partial charge is 0.497 e. The van der Waals surface area contributed by atoms with Gasteiger partial charge in [0.25, 0.3) is 5.91 Å². The van der Waals surface area contributed by atoms with E-state index in [-0.39, 0.29) is 5.56 Å². The van der Waals surface area contributed by atoms with Gasteiger partial charge in [0, 0.05) is 30.0 Å². The van der Waals surface area contributed by atoms with Gasteiger partial charge >= 0.3 is 0 Å². The molecule has 0 spiro atoms. The average molecular weight is 305 g/mol. The molecule has 0 saturated carbocycles. The van der Waals surface area contributed by atoms with Gasteiger partial charge in [-0.2, -0.15) is 0 Å². The van der Waals surface area contributed by atoms with Crippen LogP contribution in [0, 0.1) is 5.82 Å². The van der Waals surface area contributed by atoms with E-state index in [0.717, 1.165) is 6.07 Å². The number of anilines is 1. The summed E-state index contributed by atoms with van der Waals surface area (Å²) in [5.74, 6) is 0.147. The smallest absolute Gasteiger partial charge is 0.258 e. The van der Waals surface area contributed by atoms with Gasteiger partial charge in [-0.3, -0.25) is 4.79 Å². The lowest BCUT2D eigenvalue weighted by molar-refractivity contribution is 0.102. The second-order valence-electron chi connectivity index (χ2n) is 4.40. The van der Waals surface area contributed by atoms with Crippen molar-refractivity contribution in [2.75, 3.05) is 26.6 Å². The number of halogens is 1. The van der Waals surface area contributed by atoms with Gasteiger partial charge in [-0.05, 0) is 12.1 Å². The molecular formula is C16H16FNO4. The van der Waals surface area contributed by atoms with E-state index in [9.17, 15) is 9.18 Å². The van der Waals surface area contributed by atoms with Crippen LogP contribution in [0.1, 0.15) is 10.4 Å². The first-order chi connectivity index (χ1) is 10.6. The van der Waals surface area contributed by atoms with Crippen molar-refractivity contribution in [3.05, 3.63) is 47.8 Å². The van der Waals surface area contributed by atoms with Crippen molar-refractivity contribution in [1.29, 1.82) is 0 Å². The lowest BCUT2D eigenvalue weighted by Gasteiger charge is -2.10. The van der Waals surface area contributed by atoms with Crippen LogP contribution in [0.4, 0.5) is 10.1 Å². The van der Waals surface area contributed by atoms with Crippen molar-refractivity contribution in [2.45, 2.75) is 0 Å². The number of ether oxygens (including phenoxy) is 3. The molecule has 0 saturated heterocycles. The van der Waals surface area contributed by atoms with Crippen molar-refractivity contribution >= 4 is 11.6 Å². The quantitative estimate of drug-likeness (QED) is 0.922. The number of carbonyl (C=O) groups is 1. The lowest BCUT2D eigenvalue weighted by Crippen LogP contribution is -2.14. The predicted octanol–water partition coefficient (Wildman–Crippen LogP) is 3.10. The summed E-state index contributed by atoms with van der Waals surface area (Å²) in [5.41, 5.74) is 0.360. The molecule has 2 aromatic carbocycles. The molecule has 0 aliphatic rings. The highest BCUT2D eigenvalue weighted by atomic mass is 19.1. The molecule has 2 aromatic rings. The van der Waals surface area contributed by atoms with Gasteiger partial charge in [0.2, 0.25) is 0 Å². The Labute approximate surface area is 127 Å². The van der Waals surface area contributed by atoms with Gasteiger partial charge in [0.15, 0.2) is 0 Å². The predicted molar refractivity (Wildman–Crippen MR) is 80.5 cm³/mol. The minimum Gasteiger partial charge on any atom is -0.497 e. The maximum atomic E-state index is 13.9. The van der Waals surface area contributed by atoms with Crippen molar-refractivity contribution in [2.24, 2.45) is 0 Å². The Morgan fingerprint density at radius 1 is 0.909 bits per heavy atom. The van der Waals surface area contributed by atoms with Crippen LogP contribution in [0.3, 0.4) is 0 Å². The van der Waals surface area contributed by atoms with E-state index in [2.05, 4.69) is 5.32 Å². The standard InChI is InChI=1S/C16H16FNO4/c1-20-11-4-5-14(15(17)9-11)16(19)18-10-6-12(21-2)8-13(7-10)22-3/h4-9H,1-3H3,(H,18,19). The summed E-state index contributed by atoms with van der Waals surface area (Å²) in [5, 5.41) is 2.61. The van der Waals surface area contributed by atoms with Crippen LogP contribution in [0.15, 0.2) is 36.4 Å². The number of benzene rings is 2. The Morgan fingerprint density at radius 3 is 2.00 bits per heavy atom. The maximum Gasteiger partial charge on any atom is 0.258 e. The molecule has 6 heteroatoms. The number of methoxy groups -OCH3 is 3. The topological polar surface area (TPSA) is 56.8 Å². The third-order valence-electron chi connectivity index (χ3n) is 3.03. The third kappa shape index (κ3) is 3.46. The summed E-state index contributed by atoms with van der Waals surface area (Å²) in [6.45, 7) is 0. The molecule has 0 unspecified atom stereocenters. The molecule has 116 valence electrons. The number of rotatable bonds is 5. The van der Waals surface area contributed by atoms with E-state index >= 15 is 0 Å². The molecule has 1 amide bonds. The fourth-order valence-electron chi connectivity index (χ4n) is 1.88. The van der Waals surface area contributed by atoms with E-state index in [1.807, 2.05) is 0 Å². The van der Waals surface area contributed by atoms with Gasteiger partial charge in [-0.1, -0.05) is 0 Å². The van der Waals surface area contributed by atoms with E-state index in [1.54, 1.807) is 18.2 Å². The van der Waals surface area contributed by atoms with Crippen LogP contribution < -0.4 is 19.5 Å². The van der Waals surface area contributed by atoms with Crippen molar-refractivity contribution in [1.82, 2.24) is 0 Å². The summed E-state index contributed by atoms with van der Waals surface area (Å²) in [6, 6.07) is 8.93. The minimum atomic E-state index is -0.660. The van der Waals surface area contributed by atoms with E-state index < -0.39 is 11.7 Å². The maximum absolute atomic E-state index is 13.9. The highest BCUT2D eigenvalue weighted by molar-refractivity contribution is 6.04. The van der Waals surface area contributed by atoms with Crippen LogP contribution in [-0.2, 0) is 0 Å². The van der Waals surface area contributed by atoms with Gasteiger partial charge < -0.3 is 19.5 Å². The zero-order chi connectivity index (χ0) is 16.1. The fraction of sp³-hybridized carbons (Fsp3) is 0.188. The van der Waals surface area contributed by atoms with Gasteiger partial charge in [-0.15, -0.1) is 0 Å². The molecule has 0 aliphatic heterocycles. The van der Waals surface area contributed by atoms with Gasteiger partial charge in [0.1, 0.15) is 23.1 Å². The monoisotopic (exact) mass is 305 g/mol. The summed E-state index contributed by atoms with van der Waals surface area (Å²) in [7, 11) is 4.43. The Morgan fingerprint density at radius 2 is 1.50 bits per heavy atom. The molecule has 0 aliphatic carbocycles. The van der Waals surface area contributed by atoms with Crippen LogP contribution in [0.25, 0.3) is 0 Å². The van der Waals surface area contributed by atoms with Crippen molar-refractivity contribution < 1.29 is 23.4 Å². The van der Waals surface area contributed by atoms with E-state index in [4.69, 9.17) is 14.2 Å². The zero-order valence-corrected chi connectivity index (χ0v) is 12.5. The molecular weight excluding hydrogens is 289 g/mol. The first kappa shape index (κ1) is 15.6. The number of amides is 1. The second kappa shape index (κ2) is 6.80. The second-order valence-corrected chi connectivity index (χ2v) is 4.40. The van der Waals surface area contributed by atoms with Crippen LogP contribution in [0.2, 0.25) is 0 Å². The zero-order valence-electron chi connectivity index (χ0n) is 12.5. The fourth-order valence-corrected chi connectivity index (χ4v) is 1.88. The Balaban J connectivity index is 2.25. The van der Waals surface area contributed by atoms with E-state index in [0.29, 0.717) is 22.9 Å². The Hall–Kier alpha value is -2.76. The minimum absolute atomic E-state index is 0.0809. The molecule has 0 heterocycles. The number of hydrogen-bond acceptors (Lipinski definition) is 4. The van der Waals surface area contributed by atoms with Crippen molar-refractivity contribution in [3.63, 3.8) is 0 Å². The normalized spacial score (nSPS) is 10.0. The van der Waals surface area contributed by atoms with Gasteiger partial charge in [-0.25, -0.2) is 4.39 Å². The number of carbonyl (C=O) groups excluding carboxylic acids is 1. The average Bonchev–Trinajstić information content (AvgIpc) is 2.53. The highest BCUT2D eigenvalue weighted by Gasteiger charge is 2.14. The van der Waals surface area contributed by atoms with Crippen LogP contribution in [0.5, 0.6) is 17.2 Å². The molecule has 0 aromatic heterocycles. The molecule has 1 N–H and O–H groups in total. The summed E-state index contributed by atoms with van der Waals surface area (Å²) >= 11 is 0. The summed E-state index contributed by atoms with van der Waals surface area (Å²) in [4.78, 5) is 12.2. The SMILES string of the molecule is COc1cc(NC(=O)c2ccc(OC)cc2F)cc(OC)c1. The molecule has 22 heavy (non-hydrogen) atoms. The molecule has 5 nitrogen and oxygen atoms in total. The third-order valence-corrected chi connectivity index (χ3v) is 3.03. The van der Waals surface area contributed by atoms with Gasteiger partial charge in [0.05, 0.1) is 26.9 Å². The highest BCUT2D eigenvalue weighted by Crippen LogP contribution is 2.26. The summed E-state index contributed by atoms with van der Waals surface area (Å²) in [6.07, 6.45) is 0. The Bertz CT molecular complexity index is 666. The van der Waals surface area contributed by atoms with Crippen LogP contribution >= 0.6 is 0 Å². The first-order valence-electron chi connectivity index (χ1n) is 6.45. The van der Waals surface area contributed by atoms with Crippen molar-refractivity contribution in [3.8, 4) is 17.2 Å². The van der Waals surface area contributed by atoms with Crippen LogP contribution in [-0.4, -0.2) is 27.2 Å². The Kier molecular flexibility index (Phi) is 4.83. The molecule has 2 rings (SSSR count). The number of hydrogen-bond donors (Lipinski definition) is 1. The van der Waals surface area contributed by atoms with E-state index in [1.165, 1.54) is 33.5 Å². The first-order valence-corrected chi connectivity index (χ1v) is 6.45. The molecule has 0 atom stereocenters. The number of nitrogens with one attached hydrogen (secondary N) is 1. The molecule has 0 radical (unpaired) electrons. The molecule has 0 fully saturated rings. The lowest BCUT2D eigenvalue weighted by atomic mass is 10.2. The molecule has 0 bridgehead atoms.